The Kier molecular flexibility index (Phi) is 5.74. The fourth-order valence-electron chi connectivity index (χ4n) is 2.90. The normalized spacial score (nSPS) is 10.7. The number of aromatic nitrogens is 1. The third kappa shape index (κ3) is 3.81. The molecule has 26 heavy (non-hydrogen) atoms. The van der Waals surface area contributed by atoms with E-state index in [-0.39, 0.29) is 12.4 Å². The lowest BCUT2D eigenvalue weighted by Gasteiger charge is -2.15. The number of halogens is 1. The number of rotatable bonds is 6. The number of methoxy groups -OCH3 is 1. The molecule has 4 nitrogen and oxygen atoms in total. The second kappa shape index (κ2) is 8.19. The van der Waals surface area contributed by atoms with Crippen molar-refractivity contribution in [3.05, 3.63) is 59.2 Å². The van der Waals surface area contributed by atoms with Crippen LogP contribution in [0.5, 0.6) is 5.75 Å². The van der Waals surface area contributed by atoms with Gasteiger partial charge in [0.05, 0.1) is 25.7 Å². The predicted molar refractivity (Wildman–Crippen MR) is 104 cm³/mol. The maximum Gasteiger partial charge on any atom is 0.310 e. The van der Waals surface area contributed by atoms with Gasteiger partial charge in [-0.05, 0) is 35.7 Å². The maximum atomic E-state index is 12.2. The molecular formula is C21H20ClNO3. The first-order valence-corrected chi connectivity index (χ1v) is 8.89. The third-order valence-electron chi connectivity index (χ3n) is 4.09. The lowest BCUT2D eigenvalue weighted by Crippen LogP contribution is -2.10. The van der Waals surface area contributed by atoms with E-state index < -0.39 is 0 Å². The smallest absolute Gasteiger partial charge is 0.310 e. The zero-order chi connectivity index (χ0) is 18.5. The molecule has 3 rings (SSSR count). The van der Waals surface area contributed by atoms with Gasteiger partial charge in [-0.15, -0.1) is 0 Å². The largest absolute Gasteiger partial charge is 0.497 e. The summed E-state index contributed by atoms with van der Waals surface area (Å²) < 4.78 is 10.6. The molecule has 0 aliphatic heterocycles. The number of benzene rings is 2. The van der Waals surface area contributed by atoms with Gasteiger partial charge in [-0.1, -0.05) is 48.9 Å². The van der Waals surface area contributed by atoms with Crippen LogP contribution in [0, 0.1) is 0 Å². The molecular weight excluding hydrogens is 350 g/mol. The minimum absolute atomic E-state index is 0.0726. The Morgan fingerprint density at radius 1 is 1.15 bits per heavy atom. The van der Waals surface area contributed by atoms with E-state index in [4.69, 9.17) is 21.1 Å². The van der Waals surface area contributed by atoms with Crippen LogP contribution in [0.1, 0.15) is 18.9 Å². The van der Waals surface area contributed by atoms with Crippen LogP contribution < -0.4 is 4.74 Å². The molecule has 0 bridgehead atoms. The molecule has 0 unspecified atom stereocenters. The lowest BCUT2D eigenvalue weighted by molar-refractivity contribution is -0.142. The minimum atomic E-state index is -0.310. The molecule has 0 saturated heterocycles. The van der Waals surface area contributed by atoms with Gasteiger partial charge >= 0.3 is 5.97 Å². The molecule has 3 aromatic rings. The SMILES string of the molecule is CCCOC(=O)Cc1c(Cl)nc2ccccc2c1-c1cccc(OC)c1. The van der Waals surface area contributed by atoms with Gasteiger partial charge in [0.25, 0.3) is 0 Å². The number of fused-ring (bicyclic) bond motifs is 1. The van der Waals surface area contributed by atoms with Crippen LogP contribution >= 0.6 is 11.6 Å². The van der Waals surface area contributed by atoms with Gasteiger partial charge in [0.15, 0.2) is 0 Å². The number of hydrogen-bond acceptors (Lipinski definition) is 4. The van der Waals surface area contributed by atoms with E-state index in [1.165, 1.54) is 0 Å². The molecule has 0 atom stereocenters. The van der Waals surface area contributed by atoms with Gasteiger partial charge in [-0.2, -0.15) is 0 Å². The van der Waals surface area contributed by atoms with Crippen LogP contribution in [0.3, 0.4) is 0 Å². The quantitative estimate of drug-likeness (QED) is 0.450. The van der Waals surface area contributed by atoms with E-state index in [1.807, 2.05) is 55.5 Å². The monoisotopic (exact) mass is 369 g/mol. The number of carbonyl (C=O) groups is 1. The van der Waals surface area contributed by atoms with E-state index in [1.54, 1.807) is 7.11 Å². The van der Waals surface area contributed by atoms with Crippen LogP contribution in [0.2, 0.25) is 5.15 Å². The molecule has 0 fully saturated rings. The van der Waals surface area contributed by atoms with Gasteiger partial charge in [-0.25, -0.2) is 4.98 Å². The van der Waals surface area contributed by atoms with Gasteiger partial charge in [0.1, 0.15) is 10.9 Å². The number of nitrogens with zero attached hydrogens (tertiary/aromatic N) is 1. The molecule has 0 aliphatic rings. The maximum absolute atomic E-state index is 12.2. The van der Waals surface area contributed by atoms with Gasteiger partial charge < -0.3 is 9.47 Å². The average Bonchev–Trinajstić information content (AvgIpc) is 2.67. The number of para-hydroxylation sites is 1. The zero-order valence-corrected chi connectivity index (χ0v) is 15.5. The summed E-state index contributed by atoms with van der Waals surface area (Å²) in [5, 5.41) is 1.25. The number of pyridine rings is 1. The van der Waals surface area contributed by atoms with E-state index in [2.05, 4.69) is 4.98 Å². The number of hydrogen-bond donors (Lipinski definition) is 0. The van der Waals surface area contributed by atoms with E-state index in [9.17, 15) is 4.79 Å². The first kappa shape index (κ1) is 18.2. The number of esters is 1. The summed E-state index contributed by atoms with van der Waals surface area (Å²) in [5.74, 6) is 0.425. The first-order valence-electron chi connectivity index (χ1n) is 8.51. The van der Waals surface area contributed by atoms with Crippen LogP contribution in [-0.4, -0.2) is 24.7 Å². The Labute approximate surface area is 157 Å². The molecule has 0 radical (unpaired) electrons. The van der Waals surface area contributed by atoms with Crippen molar-refractivity contribution in [2.75, 3.05) is 13.7 Å². The summed E-state index contributed by atoms with van der Waals surface area (Å²) >= 11 is 6.46. The van der Waals surface area contributed by atoms with Crippen molar-refractivity contribution < 1.29 is 14.3 Å². The Morgan fingerprint density at radius 3 is 2.73 bits per heavy atom. The summed E-state index contributed by atoms with van der Waals surface area (Å²) in [4.78, 5) is 16.7. The second-order valence-corrected chi connectivity index (χ2v) is 6.26. The van der Waals surface area contributed by atoms with Crippen LogP contribution in [0.4, 0.5) is 0 Å². The molecule has 134 valence electrons. The topological polar surface area (TPSA) is 48.4 Å². The fourth-order valence-corrected chi connectivity index (χ4v) is 3.15. The van der Waals surface area contributed by atoms with Crippen LogP contribution in [0.15, 0.2) is 48.5 Å². The molecule has 0 amide bonds. The highest BCUT2D eigenvalue weighted by atomic mass is 35.5. The number of ether oxygens (including phenoxy) is 2. The lowest BCUT2D eigenvalue weighted by atomic mass is 9.94. The zero-order valence-electron chi connectivity index (χ0n) is 14.8. The molecule has 0 spiro atoms. The molecule has 0 N–H and O–H groups in total. The second-order valence-electron chi connectivity index (χ2n) is 5.90. The van der Waals surface area contributed by atoms with Crippen molar-refractivity contribution in [2.45, 2.75) is 19.8 Å². The average molecular weight is 370 g/mol. The summed E-state index contributed by atoms with van der Waals surface area (Å²) in [5.41, 5.74) is 3.25. The van der Waals surface area contributed by atoms with Crippen molar-refractivity contribution in [1.82, 2.24) is 4.98 Å². The Bertz CT molecular complexity index is 940. The highest BCUT2D eigenvalue weighted by Crippen LogP contribution is 2.36. The van der Waals surface area contributed by atoms with Gasteiger partial charge in [0, 0.05) is 10.9 Å². The van der Waals surface area contributed by atoms with Crippen molar-refractivity contribution in [2.24, 2.45) is 0 Å². The molecule has 1 aromatic heterocycles. The first-order chi connectivity index (χ1) is 12.6. The Hall–Kier alpha value is -2.59. The minimum Gasteiger partial charge on any atom is -0.497 e. The summed E-state index contributed by atoms with van der Waals surface area (Å²) in [6.45, 7) is 2.35. The van der Waals surface area contributed by atoms with E-state index in [0.29, 0.717) is 17.3 Å². The Balaban J connectivity index is 2.19. The van der Waals surface area contributed by atoms with Crippen LogP contribution in [-0.2, 0) is 16.0 Å². The van der Waals surface area contributed by atoms with Crippen molar-refractivity contribution in [3.63, 3.8) is 0 Å². The molecule has 2 aromatic carbocycles. The predicted octanol–water partition coefficient (Wildman–Crippen LogP) is 5.06. The fraction of sp³-hybridized carbons (Fsp3) is 0.238. The van der Waals surface area contributed by atoms with Crippen LogP contribution in [0.25, 0.3) is 22.0 Å². The highest BCUT2D eigenvalue weighted by Gasteiger charge is 2.19. The van der Waals surface area contributed by atoms with Crippen molar-refractivity contribution in [1.29, 1.82) is 0 Å². The van der Waals surface area contributed by atoms with Gasteiger partial charge in [-0.3, -0.25) is 4.79 Å². The van der Waals surface area contributed by atoms with E-state index >= 15 is 0 Å². The molecule has 0 aliphatic carbocycles. The van der Waals surface area contributed by atoms with Crippen molar-refractivity contribution in [3.8, 4) is 16.9 Å². The summed E-state index contributed by atoms with van der Waals surface area (Å²) in [6, 6.07) is 15.4. The summed E-state index contributed by atoms with van der Waals surface area (Å²) in [7, 11) is 1.62. The van der Waals surface area contributed by atoms with Crippen molar-refractivity contribution >= 4 is 28.5 Å². The standard InChI is InChI=1S/C21H20ClNO3/c1-3-11-26-19(24)13-17-20(14-7-6-8-15(12-14)25-2)16-9-4-5-10-18(16)23-21(17)22/h4-10,12H,3,11,13H2,1-2H3. The summed E-state index contributed by atoms with van der Waals surface area (Å²) in [6.07, 6.45) is 0.849. The molecule has 1 heterocycles. The molecule has 5 heteroatoms. The highest BCUT2D eigenvalue weighted by molar-refractivity contribution is 6.31. The van der Waals surface area contributed by atoms with Gasteiger partial charge in [0.2, 0.25) is 0 Å². The van der Waals surface area contributed by atoms with E-state index in [0.717, 1.165) is 34.2 Å². The third-order valence-corrected chi connectivity index (χ3v) is 4.40. The Morgan fingerprint density at radius 2 is 1.96 bits per heavy atom. The number of carbonyl (C=O) groups excluding carboxylic acids is 1. The molecule has 0 saturated carbocycles.